The number of nitriles is 1. The van der Waals surface area contributed by atoms with Crippen LogP contribution < -0.4 is 5.32 Å². The molecule has 122 valence electrons. The van der Waals surface area contributed by atoms with Crippen LogP contribution in [0, 0.1) is 11.3 Å². The van der Waals surface area contributed by atoms with E-state index in [9.17, 15) is 10.1 Å². The minimum absolute atomic E-state index is 0.0500. The van der Waals surface area contributed by atoms with Crippen molar-refractivity contribution < 1.29 is 4.79 Å². The van der Waals surface area contributed by atoms with Crippen LogP contribution in [0.5, 0.6) is 0 Å². The van der Waals surface area contributed by atoms with Crippen molar-refractivity contribution in [2.24, 2.45) is 0 Å². The Hall–Kier alpha value is -2.00. The largest absolute Gasteiger partial charge is 0.336 e. The van der Waals surface area contributed by atoms with Crippen LogP contribution in [-0.4, -0.2) is 38.9 Å². The van der Waals surface area contributed by atoms with Gasteiger partial charge in [0.2, 0.25) is 5.91 Å². The third-order valence-electron chi connectivity index (χ3n) is 5.11. The molecule has 6 nitrogen and oxygen atoms in total. The maximum atomic E-state index is 12.6. The van der Waals surface area contributed by atoms with Crippen molar-refractivity contribution in [3.63, 3.8) is 0 Å². The highest BCUT2D eigenvalue weighted by atomic mass is 16.2. The molecule has 1 saturated carbocycles. The van der Waals surface area contributed by atoms with Gasteiger partial charge in [-0.15, -0.1) is 0 Å². The number of carbonyl (C=O) groups excluding carboxylic acids is 1. The lowest BCUT2D eigenvalue weighted by Gasteiger charge is -2.36. The van der Waals surface area contributed by atoms with Gasteiger partial charge in [-0.25, -0.2) is 9.97 Å². The van der Waals surface area contributed by atoms with Gasteiger partial charge < -0.3 is 5.32 Å². The Labute approximate surface area is 136 Å². The molecule has 1 aliphatic heterocycles. The quantitative estimate of drug-likeness (QED) is 0.916. The summed E-state index contributed by atoms with van der Waals surface area (Å²) in [6.45, 7) is 3.38. The maximum absolute atomic E-state index is 12.6. The molecule has 1 amide bonds. The minimum atomic E-state index is -0.667. The summed E-state index contributed by atoms with van der Waals surface area (Å²) in [5.41, 5.74) is 1.50. The molecule has 2 aliphatic rings. The van der Waals surface area contributed by atoms with Crippen LogP contribution in [0.2, 0.25) is 0 Å². The fourth-order valence-corrected chi connectivity index (χ4v) is 3.53. The molecule has 0 unspecified atom stereocenters. The van der Waals surface area contributed by atoms with Crippen molar-refractivity contribution in [3.05, 3.63) is 23.8 Å². The van der Waals surface area contributed by atoms with Gasteiger partial charge in [0, 0.05) is 19.3 Å². The van der Waals surface area contributed by atoms with Gasteiger partial charge in [0.15, 0.2) is 0 Å². The van der Waals surface area contributed by atoms with Crippen molar-refractivity contribution in [2.45, 2.75) is 63.6 Å². The third kappa shape index (κ3) is 3.35. The van der Waals surface area contributed by atoms with Crippen LogP contribution in [0.1, 0.15) is 50.3 Å². The summed E-state index contributed by atoms with van der Waals surface area (Å²) in [7, 11) is 0. The van der Waals surface area contributed by atoms with Crippen molar-refractivity contribution >= 4 is 5.91 Å². The Kier molecular flexibility index (Phi) is 4.58. The second-order valence-electron chi connectivity index (χ2n) is 6.63. The zero-order valence-electron chi connectivity index (χ0n) is 13.6. The van der Waals surface area contributed by atoms with E-state index in [4.69, 9.17) is 0 Å². The molecule has 1 aliphatic carbocycles. The molecule has 0 bridgehead atoms. The van der Waals surface area contributed by atoms with E-state index in [-0.39, 0.29) is 11.9 Å². The molecule has 2 heterocycles. The van der Waals surface area contributed by atoms with Crippen LogP contribution in [0.15, 0.2) is 12.5 Å². The molecule has 1 fully saturated rings. The average molecular weight is 313 g/mol. The number of carbonyl (C=O) groups is 1. The second-order valence-corrected chi connectivity index (χ2v) is 6.63. The van der Waals surface area contributed by atoms with Crippen LogP contribution in [0.4, 0.5) is 0 Å². The van der Waals surface area contributed by atoms with E-state index in [0.29, 0.717) is 6.54 Å². The molecule has 6 heteroatoms. The number of rotatable bonds is 3. The highest BCUT2D eigenvalue weighted by Crippen LogP contribution is 2.28. The maximum Gasteiger partial charge on any atom is 0.238 e. The zero-order valence-corrected chi connectivity index (χ0v) is 13.6. The van der Waals surface area contributed by atoms with Crippen LogP contribution in [0.25, 0.3) is 0 Å². The minimum Gasteiger partial charge on any atom is -0.336 e. The lowest BCUT2D eigenvalue weighted by atomic mass is 9.82. The smallest absolute Gasteiger partial charge is 0.238 e. The molecule has 0 aromatic carbocycles. The van der Waals surface area contributed by atoms with Crippen molar-refractivity contribution in [3.8, 4) is 6.07 Å². The fraction of sp³-hybridized carbons (Fsp3) is 0.647. The number of hydrogen-bond acceptors (Lipinski definition) is 5. The Morgan fingerprint density at radius 3 is 2.96 bits per heavy atom. The molecule has 3 rings (SSSR count). The van der Waals surface area contributed by atoms with Crippen LogP contribution in [-0.2, 0) is 17.8 Å². The first-order chi connectivity index (χ1) is 11.1. The Morgan fingerprint density at radius 2 is 2.22 bits per heavy atom. The number of nitrogens with zero attached hydrogens (tertiary/aromatic N) is 4. The first kappa shape index (κ1) is 15.9. The highest BCUT2D eigenvalue weighted by molar-refractivity contribution is 5.82. The number of amides is 1. The summed E-state index contributed by atoms with van der Waals surface area (Å²) in [4.78, 5) is 23.1. The SMILES string of the molecule is C[C@H](C(=O)NC1(C#N)CCCCC1)N1CCc2cncnc2C1. The van der Waals surface area contributed by atoms with Gasteiger partial charge in [0.05, 0.1) is 17.8 Å². The predicted molar refractivity (Wildman–Crippen MR) is 85.2 cm³/mol. The molecule has 0 spiro atoms. The second kappa shape index (κ2) is 6.63. The summed E-state index contributed by atoms with van der Waals surface area (Å²) >= 11 is 0. The molecular weight excluding hydrogens is 290 g/mol. The summed E-state index contributed by atoms with van der Waals surface area (Å²) in [5.74, 6) is -0.0500. The standard InChI is InChI=1S/C17H23N5O/c1-13(16(23)21-17(11-18)6-3-2-4-7-17)22-8-5-14-9-19-12-20-15(14)10-22/h9,12-13H,2-8,10H2,1H3,(H,21,23)/t13-/m1/s1. The molecule has 1 N–H and O–H groups in total. The average Bonchev–Trinajstić information content (AvgIpc) is 2.61. The Morgan fingerprint density at radius 1 is 1.43 bits per heavy atom. The van der Waals surface area contributed by atoms with Crippen LogP contribution >= 0.6 is 0 Å². The van der Waals surface area contributed by atoms with E-state index in [1.54, 1.807) is 6.33 Å². The fourth-order valence-electron chi connectivity index (χ4n) is 3.53. The summed E-state index contributed by atoms with van der Waals surface area (Å²) < 4.78 is 0. The Bertz CT molecular complexity index is 618. The normalized spacial score (nSPS) is 21.7. The Balaban J connectivity index is 1.65. The molecule has 23 heavy (non-hydrogen) atoms. The van der Waals surface area contributed by atoms with Gasteiger partial charge in [0.25, 0.3) is 0 Å². The lowest BCUT2D eigenvalue weighted by Crippen LogP contribution is -2.55. The monoisotopic (exact) mass is 313 g/mol. The van der Waals surface area contributed by atoms with Crippen molar-refractivity contribution in [1.29, 1.82) is 5.26 Å². The van der Waals surface area contributed by atoms with E-state index in [2.05, 4.69) is 26.3 Å². The lowest BCUT2D eigenvalue weighted by molar-refractivity contribution is -0.128. The van der Waals surface area contributed by atoms with E-state index in [1.807, 2.05) is 13.1 Å². The van der Waals surface area contributed by atoms with Gasteiger partial charge in [-0.3, -0.25) is 9.69 Å². The topological polar surface area (TPSA) is 81.9 Å². The van der Waals surface area contributed by atoms with E-state index in [0.717, 1.165) is 56.3 Å². The van der Waals surface area contributed by atoms with Gasteiger partial charge in [0.1, 0.15) is 11.9 Å². The number of hydrogen-bond donors (Lipinski definition) is 1. The molecule has 0 saturated heterocycles. The number of aromatic nitrogens is 2. The van der Waals surface area contributed by atoms with E-state index in [1.165, 1.54) is 0 Å². The van der Waals surface area contributed by atoms with Gasteiger partial charge >= 0.3 is 0 Å². The number of fused-ring (bicyclic) bond motifs is 1. The van der Waals surface area contributed by atoms with Crippen molar-refractivity contribution in [1.82, 2.24) is 20.2 Å². The van der Waals surface area contributed by atoms with Gasteiger partial charge in [-0.05, 0) is 31.7 Å². The summed E-state index contributed by atoms with van der Waals surface area (Å²) in [5, 5.41) is 12.5. The van der Waals surface area contributed by atoms with E-state index < -0.39 is 5.54 Å². The molecular formula is C17H23N5O. The molecule has 1 aromatic heterocycles. The number of nitrogens with one attached hydrogen (secondary N) is 1. The van der Waals surface area contributed by atoms with Crippen LogP contribution in [0.3, 0.4) is 0 Å². The summed E-state index contributed by atoms with van der Waals surface area (Å²) in [6.07, 6.45) is 8.97. The first-order valence-electron chi connectivity index (χ1n) is 8.39. The highest BCUT2D eigenvalue weighted by Gasteiger charge is 2.36. The first-order valence-corrected chi connectivity index (χ1v) is 8.39. The predicted octanol–water partition coefficient (Wildman–Crippen LogP) is 1.57. The summed E-state index contributed by atoms with van der Waals surface area (Å²) in [6, 6.07) is 2.09. The molecule has 1 atom stereocenters. The van der Waals surface area contributed by atoms with Gasteiger partial charge in [-0.1, -0.05) is 19.3 Å². The third-order valence-corrected chi connectivity index (χ3v) is 5.11. The van der Waals surface area contributed by atoms with Crippen molar-refractivity contribution in [2.75, 3.05) is 6.54 Å². The van der Waals surface area contributed by atoms with Gasteiger partial charge in [-0.2, -0.15) is 5.26 Å². The molecule has 0 radical (unpaired) electrons. The zero-order chi connectivity index (χ0) is 16.3. The van der Waals surface area contributed by atoms with E-state index >= 15 is 0 Å². The molecule has 1 aromatic rings.